The van der Waals surface area contributed by atoms with E-state index >= 15 is 0 Å². The van der Waals surface area contributed by atoms with Crippen LogP contribution in [0.25, 0.3) is 0 Å². The summed E-state index contributed by atoms with van der Waals surface area (Å²) in [5.41, 5.74) is 0. The Labute approximate surface area is 107 Å². The van der Waals surface area contributed by atoms with Gasteiger partial charge in [0.05, 0.1) is 6.61 Å². The highest BCUT2D eigenvalue weighted by molar-refractivity contribution is 4.87. The van der Waals surface area contributed by atoms with E-state index in [0.29, 0.717) is 0 Å². The molecule has 0 aromatic heterocycles. The molecule has 2 aliphatic rings. The number of nitrogens with one attached hydrogen (secondary N) is 1. The number of hydrogen-bond acceptors (Lipinski definition) is 2. The van der Waals surface area contributed by atoms with Crippen LogP contribution >= 0.6 is 0 Å². The van der Waals surface area contributed by atoms with E-state index in [4.69, 9.17) is 4.74 Å². The first kappa shape index (κ1) is 13.4. The zero-order valence-corrected chi connectivity index (χ0v) is 11.6. The fourth-order valence-corrected chi connectivity index (χ4v) is 3.51. The monoisotopic (exact) mass is 239 g/mol. The van der Waals surface area contributed by atoms with Crippen molar-refractivity contribution in [2.24, 2.45) is 17.8 Å². The third-order valence-corrected chi connectivity index (χ3v) is 4.67. The summed E-state index contributed by atoms with van der Waals surface area (Å²) in [5, 5.41) is 3.82. The molecule has 0 spiro atoms. The Kier molecular flexibility index (Phi) is 5.30. The number of ether oxygens (including phenoxy) is 1. The Morgan fingerprint density at radius 3 is 2.47 bits per heavy atom. The highest BCUT2D eigenvalue weighted by Crippen LogP contribution is 2.34. The molecule has 2 atom stereocenters. The summed E-state index contributed by atoms with van der Waals surface area (Å²) in [6.45, 7) is 7.82. The lowest BCUT2D eigenvalue weighted by Gasteiger charge is -2.36. The maximum absolute atomic E-state index is 5.59. The average molecular weight is 239 g/mol. The quantitative estimate of drug-likeness (QED) is 0.795. The standard InChI is InChI=1S/C15H29NO/c1-3-9-16-15(14-8-10-17-11-14)13-6-4-12(2)5-7-13/h12-16H,3-11H2,1-2H3. The third-order valence-electron chi connectivity index (χ3n) is 4.67. The van der Waals surface area contributed by atoms with Gasteiger partial charge in [-0.15, -0.1) is 0 Å². The van der Waals surface area contributed by atoms with Crippen molar-refractivity contribution >= 4 is 0 Å². The Hall–Kier alpha value is -0.0800. The molecule has 0 amide bonds. The average Bonchev–Trinajstić information content (AvgIpc) is 2.85. The molecule has 1 heterocycles. The molecule has 2 heteroatoms. The lowest BCUT2D eigenvalue weighted by molar-refractivity contribution is 0.146. The van der Waals surface area contributed by atoms with E-state index in [1.165, 1.54) is 45.1 Å². The maximum atomic E-state index is 5.59. The van der Waals surface area contributed by atoms with Crippen molar-refractivity contribution in [3.8, 4) is 0 Å². The van der Waals surface area contributed by atoms with Crippen LogP contribution in [0.5, 0.6) is 0 Å². The van der Waals surface area contributed by atoms with Crippen molar-refractivity contribution in [3.63, 3.8) is 0 Å². The van der Waals surface area contributed by atoms with E-state index in [1.807, 2.05) is 0 Å². The predicted octanol–water partition coefficient (Wildman–Crippen LogP) is 3.22. The Balaban J connectivity index is 1.89. The van der Waals surface area contributed by atoms with Crippen LogP contribution in [0.4, 0.5) is 0 Å². The first-order chi connectivity index (χ1) is 8.31. The van der Waals surface area contributed by atoms with Crippen molar-refractivity contribution in [1.29, 1.82) is 0 Å². The molecule has 2 fully saturated rings. The van der Waals surface area contributed by atoms with Crippen LogP contribution < -0.4 is 5.32 Å². The van der Waals surface area contributed by atoms with Crippen LogP contribution in [0.3, 0.4) is 0 Å². The molecule has 1 aliphatic carbocycles. The molecule has 1 N–H and O–H groups in total. The summed E-state index contributed by atoms with van der Waals surface area (Å²) in [6, 6.07) is 0.727. The van der Waals surface area contributed by atoms with E-state index in [0.717, 1.165) is 37.0 Å². The van der Waals surface area contributed by atoms with Gasteiger partial charge in [-0.3, -0.25) is 0 Å². The smallest absolute Gasteiger partial charge is 0.0510 e. The lowest BCUT2D eigenvalue weighted by atomic mass is 9.75. The van der Waals surface area contributed by atoms with Crippen molar-refractivity contribution in [2.45, 2.75) is 58.4 Å². The largest absolute Gasteiger partial charge is 0.381 e. The highest BCUT2D eigenvalue weighted by atomic mass is 16.5. The molecule has 0 radical (unpaired) electrons. The molecule has 0 aromatic carbocycles. The van der Waals surface area contributed by atoms with Crippen molar-refractivity contribution in [1.82, 2.24) is 5.32 Å². The first-order valence-corrected chi connectivity index (χ1v) is 7.62. The summed E-state index contributed by atoms with van der Waals surface area (Å²) >= 11 is 0. The van der Waals surface area contributed by atoms with Gasteiger partial charge in [-0.2, -0.15) is 0 Å². The molecule has 2 rings (SSSR count). The summed E-state index contributed by atoms with van der Waals surface area (Å²) in [7, 11) is 0. The van der Waals surface area contributed by atoms with E-state index in [1.54, 1.807) is 0 Å². The van der Waals surface area contributed by atoms with Gasteiger partial charge in [-0.1, -0.05) is 26.7 Å². The fourth-order valence-electron chi connectivity index (χ4n) is 3.51. The van der Waals surface area contributed by atoms with Gasteiger partial charge >= 0.3 is 0 Å². The minimum Gasteiger partial charge on any atom is -0.381 e. The molecular weight excluding hydrogens is 210 g/mol. The maximum Gasteiger partial charge on any atom is 0.0510 e. The second kappa shape index (κ2) is 6.75. The summed E-state index contributed by atoms with van der Waals surface area (Å²) in [5.74, 6) is 2.64. The van der Waals surface area contributed by atoms with Crippen LogP contribution in [0.1, 0.15) is 52.4 Å². The SMILES string of the molecule is CCCNC(C1CCC(C)CC1)C1CCOC1. The fraction of sp³-hybridized carbons (Fsp3) is 1.00. The molecule has 2 nitrogen and oxygen atoms in total. The molecule has 1 aliphatic heterocycles. The van der Waals surface area contributed by atoms with Crippen LogP contribution in [-0.4, -0.2) is 25.8 Å². The van der Waals surface area contributed by atoms with Crippen molar-refractivity contribution in [2.75, 3.05) is 19.8 Å². The number of rotatable bonds is 5. The molecule has 0 bridgehead atoms. The van der Waals surface area contributed by atoms with Gasteiger partial charge in [-0.05, 0) is 44.1 Å². The van der Waals surface area contributed by atoms with Crippen LogP contribution in [0, 0.1) is 17.8 Å². The highest BCUT2D eigenvalue weighted by Gasteiger charge is 2.33. The minimum atomic E-state index is 0.727. The van der Waals surface area contributed by atoms with Gasteiger partial charge < -0.3 is 10.1 Å². The summed E-state index contributed by atoms with van der Waals surface area (Å²) in [4.78, 5) is 0. The molecule has 0 aromatic rings. The Bertz CT molecular complexity index is 205. The topological polar surface area (TPSA) is 21.3 Å². The van der Waals surface area contributed by atoms with E-state index in [-0.39, 0.29) is 0 Å². The third kappa shape index (κ3) is 3.69. The second-order valence-corrected chi connectivity index (χ2v) is 6.12. The van der Waals surface area contributed by atoms with E-state index < -0.39 is 0 Å². The van der Waals surface area contributed by atoms with Crippen LogP contribution in [0.2, 0.25) is 0 Å². The van der Waals surface area contributed by atoms with Gasteiger partial charge in [0.2, 0.25) is 0 Å². The summed E-state index contributed by atoms with van der Waals surface area (Å²) in [6.07, 6.45) is 8.24. The normalized spacial score (nSPS) is 36.0. The zero-order valence-electron chi connectivity index (χ0n) is 11.6. The summed E-state index contributed by atoms with van der Waals surface area (Å²) < 4.78 is 5.59. The van der Waals surface area contributed by atoms with Crippen LogP contribution in [0.15, 0.2) is 0 Å². The van der Waals surface area contributed by atoms with Crippen LogP contribution in [-0.2, 0) is 4.74 Å². The van der Waals surface area contributed by atoms with Gasteiger partial charge in [0, 0.05) is 18.6 Å². The van der Waals surface area contributed by atoms with Gasteiger partial charge in [-0.25, -0.2) is 0 Å². The Morgan fingerprint density at radius 1 is 1.12 bits per heavy atom. The van der Waals surface area contributed by atoms with E-state index in [2.05, 4.69) is 19.2 Å². The second-order valence-electron chi connectivity index (χ2n) is 6.12. The lowest BCUT2D eigenvalue weighted by Crippen LogP contribution is -2.44. The molecular formula is C15H29NO. The van der Waals surface area contributed by atoms with Crippen molar-refractivity contribution < 1.29 is 4.74 Å². The van der Waals surface area contributed by atoms with Crippen molar-refractivity contribution in [3.05, 3.63) is 0 Å². The Morgan fingerprint density at radius 2 is 1.88 bits per heavy atom. The number of hydrogen-bond donors (Lipinski definition) is 1. The molecule has 1 saturated carbocycles. The molecule has 17 heavy (non-hydrogen) atoms. The van der Waals surface area contributed by atoms with Gasteiger partial charge in [0.15, 0.2) is 0 Å². The first-order valence-electron chi connectivity index (χ1n) is 7.62. The predicted molar refractivity (Wildman–Crippen MR) is 72.1 cm³/mol. The van der Waals surface area contributed by atoms with E-state index in [9.17, 15) is 0 Å². The van der Waals surface area contributed by atoms with Gasteiger partial charge in [0.25, 0.3) is 0 Å². The molecule has 100 valence electrons. The molecule has 2 unspecified atom stereocenters. The van der Waals surface area contributed by atoms with Gasteiger partial charge in [0.1, 0.15) is 0 Å². The zero-order chi connectivity index (χ0) is 12.1. The molecule has 1 saturated heterocycles. The minimum absolute atomic E-state index is 0.727.